The number of ketones is 1. The summed E-state index contributed by atoms with van der Waals surface area (Å²) in [5, 5.41) is 2.74. The quantitative estimate of drug-likeness (QED) is 0.602. The van der Waals surface area contributed by atoms with Gasteiger partial charge in [0.25, 0.3) is 7.41 Å². The summed E-state index contributed by atoms with van der Waals surface area (Å²) in [6, 6.07) is -0.271. The van der Waals surface area contributed by atoms with Crippen molar-refractivity contribution >= 4 is 18.9 Å². The highest BCUT2D eigenvalue weighted by Crippen LogP contribution is 1.91. The molecule has 1 atom stereocenters. The third-order valence-corrected chi connectivity index (χ3v) is 1.65. The molecule has 0 bridgehead atoms. The zero-order valence-electron chi connectivity index (χ0n) is 8.05. The number of carbonyl (C=O) groups excluding carboxylic acids is 2. The van der Waals surface area contributed by atoms with Gasteiger partial charge >= 0.3 is 0 Å². The molecule has 0 spiro atoms. The molecule has 67 valence electrons. The van der Waals surface area contributed by atoms with Crippen LogP contribution in [0.25, 0.3) is 0 Å². The summed E-state index contributed by atoms with van der Waals surface area (Å²) < 4.78 is 0. The minimum absolute atomic E-state index is 0.0168. The largest absolute Gasteiger partial charge is 0.345 e. The average Bonchev–Trinajstić information content (AvgIpc) is 1.98. The van der Waals surface area contributed by atoms with Gasteiger partial charge in [0.05, 0.1) is 6.04 Å². The summed E-state index contributed by atoms with van der Waals surface area (Å²) in [4.78, 5) is 21.8. The van der Waals surface area contributed by atoms with Crippen molar-refractivity contribution in [2.75, 3.05) is 0 Å². The SMILES string of the molecule is CC(=O)C(C)N[B]C(=O)C(C)C. The van der Waals surface area contributed by atoms with E-state index >= 15 is 0 Å². The Bertz CT molecular complexity index is 180. The fourth-order valence-electron chi connectivity index (χ4n) is 0.491. The zero-order valence-corrected chi connectivity index (χ0v) is 8.05. The first kappa shape index (κ1) is 11.4. The van der Waals surface area contributed by atoms with Crippen LogP contribution < -0.4 is 5.23 Å². The van der Waals surface area contributed by atoms with E-state index in [4.69, 9.17) is 0 Å². The van der Waals surface area contributed by atoms with Gasteiger partial charge in [-0.2, -0.15) is 0 Å². The highest BCUT2D eigenvalue weighted by Gasteiger charge is 2.13. The Hall–Kier alpha value is -0.635. The van der Waals surface area contributed by atoms with Crippen LogP contribution >= 0.6 is 0 Å². The minimum atomic E-state index is -0.271. The van der Waals surface area contributed by atoms with E-state index < -0.39 is 0 Å². The second kappa shape index (κ2) is 5.09. The molecule has 0 saturated carbocycles. The van der Waals surface area contributed by atoms with Gasteiger partial charge in [-0.1, -0.05) is 13.8 Å². The molecule has 0 aromatic rings. The highest BCUT2D eigenvalue weighted by atomic mass is 16.1. The Morgan fingerprint density at radius 2 is 1.75 bits per heavy atom. The molecular weight excluding hydrogens is 153 g/mol. The maximum Gasteiger partial charge on any atom is 0.296 e. The van der Waals surface area contributed by atoms with E-state index in [1.165, 1.54) is 14.3 Å². The fourth-order valence-corrected chi connectivity index (χ4v) is 0.491. The monoisotopic (exact) mass is 168 g/mol. The molecular formula is C8H15BNO2. The van der Waals surface area contributed by atoms with Crippen LogP contribution in [0.1, 0.15) is 27.7 Å². The van der Waals surface area contributed by atoms with Crippen molar-refractivity contribution < 1.29 is 9.59 Å². The first-order valence-corrected chi connectivity index (χ1v) is 4.08. The Labute approximate surface area is 74.2 Å². The van der Waals surface area contributed by atoms with E-state index in [0.717, 1.165) is 0 Å². The second-order valence-electron chi connectivity index (χ2n) is 3.20. The van der Waals surface area contributed by atoms with Crippen molar-refractivity contribution in [1.82, 2.24) is 5.23 Å². The van der Waals surface area contributed by atoms with Gasteiger partial charge in [0, 0.05) is 5.92 Å². The number of rotatable bonds is 5. The molecule has 1 radical (unpaired) electrons. The van der Waals surface area contributed by atoms with Gasteiger partial charge in [0.15, 0.2) is 0 Å². The average molecular weight is 168 g/mol. The molecule has 1 N–H and O–H groups in total. The second-order valence-corrected chi connectivity index (χ2v) is 3.20. The number of Topliss-reactive ketones (excluding diaryl/α,β-unsaturated/α-hetero) is 1. The van der Waals surface area contributed by atoms with Gasteiger partial charge in [0.1, 0.15) is 11.5 Å². The van der Waals surface area contributed by atoms with Crippen molar-refractivity contribution in [3.8, 4) is 0 Å². The van der Waals surface area contributed by atoms with Crippen molar-refractivity contribution in [2.45, 2.75) is 33.7 Å². The van der Waals surface area contributed by atoms with Crippen LogP contribution in [0.3, 0.4) is 0 Å². The number of hydrogen-bond acceptors (Lipinski definition) is 3. The molecule has 3 nitrogen and oxygen atoms in total. The summed E-state index contributed by atoms with van der Waals surface area (Å²) in [6.07, 6.45) is 0. The molecule has 4 heteroatoms. The summed E-state index contributed by atoms with van der Waals surface area (Å²) in [5.74, 6) is 0.0134. The fraction of sp³-hybridized carbons (Fsp3) is 0.750. The third-order valence-electron chi connectivity index (χ3n) is 1.65. The van der Waals surface area contributed by atoms with Gasteiger partial charge in [-0.05, 0) is 13.8 Å². The lowest BCUT2D eigenvalue weighted by molar-refractivity contribution is -0.118. The van der Waals surface area contributed by atoms with Crippen LogP contribution in [0.5, 0.6) is 0 Å². The zero-order chi connectivity index (χ0) is 9.72. The molecule has 0 aliphatic heterocycles. The van der Waals surface area contributed by atoms with Crippen LogP contribution in [0, 0.1) is 5.92 Å². The standard InChI is InChI=1S/C8H15BNO2/c1-5(2)8(12)9-10-6(3)7(4)11/h5-6,10H,1-4H3. The van der Waals surface area contributed by atoms with Gasteiger partial charge < -0.3 is 10.0 Å². The van der Waals surface area contributed by atoms with Crippen LogP contribution in [0.2, 0.25) is 0 Å². The van der Waals surface area contributed by atoms with E-state index in [0.29, 0.717) is 0 Å². The van der Waals surface area contributed by atoms with Gasteiger partial charge in [-0.25, -0.2) is 0 Å². The highest BCUT2D eigenvalue weighted by molar-refractivity contribution is 6.72. The summed E-state index contributed by atoms with van der Waals surface area (Å²) >= 11 is 0. The Morgan fingerprint density at radius 3 is 2.08 bits per heavy atom. The first-order valence-electron chi connectivity index (χ1n) is 4.08. The lowest BCUT2D eigenvalue weighted by atomic mass is 9.79. The molecule has 0 aromatic heterocycles. The molecule has 0 saturated heterocycles. The molecule has 12 heavy (non-hydrogen) atoms. The van der Waals surface area contributed by atoms with Crippen molar-refractivity contribution in [3.63, 3.8) is 0 Å². The summed E-state index contributed by atoms with van der Waals surface area (Å²) in [5.41, 5.74) is 0.0168. The van der Waals surface area contributed by atoms with Crippen molar-refractivity contribution in [3.05, 3.63) is 0 Å². The van der Waals surface area contributed by atoms with Crippen LogP contribution in [0.15, 0.2) is 0 Å². The molecule has 0 aliphatic rings. The maximum atomic E-state index is 11.0. The molecule has 0 rings (SSSR count). The Kier molecular flexibility index (Phi) is 4.82. The Morgan fingerprint density at radius 1 is 1.25 bits per heavy atom. The number of carbonyl (C=O) groups is 2. The predicted molar refractivity (Wildman–Crippen MR) is 48.9 cm³/mol. The molecule has 0 aliphatic carbocycles. The third kappa shape index (κ3) is 4.29. The van der Waals surface area contributed by atoms with Crippen molar-refractivity contribution in [1.29, 1.82) is 0 Å². The van der Waals surface area contributed by atoms with Gasteiger partial charge in [-0.3, -0.25) is 4.79 Å². The van der Waals surface area contributed by atoms with E-state index in [9.17, 15) is 9.59 Å². The normalized spacial score (nSPS) is 12.8. The number of hydrogen-bond donors (Lipinski definition) is 1. The number of nitrogens with one attached hydrogen (secondary N) is 1. The van der Waals surface area contributed by atoms with E-state index in [1.54, 1.807) is 6.92 Å². The molecule has 0 fully saturated rings. The Balaban J connectivity index is 3.69. The van der Waals surface area contributed by atoms with Crippen LogP contribution in [-0.2, 0) is 9.59 Å². The van der Waals surface area contributed by atoms with E-state index in [1.807, 2.05) is 13.8 Å². The summed E-state index contributed by atoms with van der Waals surface area (Å²) in [6.45, 7) is 6.86. The van der Waals surface area contributed by atoms with E-state index in [-0.39, 0.29) is 23.4 Å². The molecule has 0 aromatic carbocycles. The van der Waals surface area contributed by atoms with Gasteiger partial charge in [-0.15, -0.1) is 0 Å². The topological polar surface area (TPSA) is 46.2 Å². The smallest absolute Gasteiger partial charge is 0.296 e. The minimum Gasteiger partial charge on any atom is -0.345 e. The predicted octanol–water partition coefficient (Wildman–Crippen LogP) is 0.355. The first-order chi connectivity index (χ1) is 5.45. The molecule has 0 heterocycles. The maximum absolute atomic E-state index is 11.0. The van der Waals surface area contributed by atoms with Gasteiger partial charge in [0.2, 0.25) is 0 Å². The van der Waals surface area contributed by atoms with Crippen LogP contribution in [0.4, 0.5) is 0 Å². The van der Waals surface area contributed by atoms with E-state index in [2.05, 4.69) is 5.23 Å². The summed E-state index contributed by atoms with van der Waals surface area (Å²) in [7, 11) is 1.37. The van der Waals surface area contributed by atoms with Crippen LogP contribution in [-0.4, -0.2) is 24.9 Å². The molecule has 0 amide bonds. The molecule has 1 unspecified atom stereocenters. The van der Waals surface area contributed by atoms with Crippen molar-refractivity contribution in [2.24, 2.45) is 5.92 Å². The lowest BCUT2D eigenvalue weighted by Gasteiger charge is -2.09. The lowest BCUT2D eigenvalue weighted by Crippen LogP contribution is -2.40.